The van der Waals surface area contributed by atoms with Gasteiger partial charge in [-0.3, -0.25) is 4.79 Å². The summed E-state index contributed by atoms with van der Waals surface area (Å²) in [5.74, 6) is 1.17. The van der Waals surface area contributed by atoms with Crippen LogP contribution in [-0.4, -0.2) is 25.0 Å². The molecule has 0 saturated carbocycles. The number of ether oxygens (including phenoxy) is 2. The molecule has 0 saturated heterocycles. The van der Waals surface area contributed by atoms with E-state index in [1.807, 2.05) is 54.6 Å². The normalized spacial score (nSPS) is 13.7. The summed E-state index contributed by atoms with van der Waals surface area (Å²) in [6, 6.07) is 19.2. The lowest BCUT2D eigenvalue weighted by molar-refractivity contribution is -0.121. The van der Waals surface area contributed by atoms with Gasteiger partial charge in [0.05, 0.1) is 6.21 Å². The van der Waals surface area contributed by atoms with Gasteiger partial charge in [-0.2, -0.15) is 5.10 Å². The van der Waals surface area contributed by atoms with Crippen LogP contribution in [0.3, 0.4) is 0 Å². The Morgan fingerprint density at radius 2 is 1.85 bits per heavy atom. The maximum Gasteiger partial charge on any atom is 0.262 e. The molecule has 0 aliphatic carbocycles. The number of hydrazone groups is 1. The highest BCUT2D eigenvalue weighted by Gasteiger charge is 2.13. The van der Waals surface area contributed by atoms with Crippen molar-refractivity contribution in [3.8, 4) is 11.5 Å². The Balaban J connectivity index is 1.35. The Labute approximate surface area is 156 Å². The van der Waals surface area contributed by atoms with Crippen molar-refractivity contribution in [2.45, 2.75) is 13.0 Å². The van der Waals surface area contributed by atoms with Crippen LogP contribution in [0, 0.1) is 0 Å². The lowest BCUT2D eigenvalue weighted by Crippen LogP contribution is -2.34. The summed E-state index contributed by atoms with van der Waals surface area (Å²) in [6.07, 6.45) is 1.57. The highest BCUT2D eigenvalue weighted by atomic mass is 16.7. The van der Waals surface area contributed by atoms with Crippen LogP contribution in [0.15, 0.2) is 65.8 Å². The third-order valence-electron chi connectivity index (χ3n) is 4.31. The van der Waals surface area contributed by atoms with Gasteiger partial charge in [-0.05, 0) is 53.6 Å². The first-order valence-corrected chi connectivity index (χ1v) is 8.67. The lowest BCUT2D eigenvalue weighted by atomic mass is 10.1. The van der Waals surface area contributed by atoms with Gasteiger partial charge in [0, 0.05) is 5.69 Å². The quantitative estimate of drug-likeness (QED) is 0.539. The summed E-state index contributed by atoms with van der Waals surface area (Å²) in [7, 11) is 0. The van der Waals surface area contributed by atoms with Crippen molar-refractivity contribution in [1.82, 2.24) is 5.43 Å². The van der Waals surface area contributed by atoms with Crippen molar-refractivity contribution >= 4 is 28.6 Å². The minimum absolute atomic E-state index is 0.222. The van der Waals surface area contributed by atoms with Crippen LogP contribution in [0.25, 0.3) is 10.8 Å². The number of hydrogen-bond acceptors (Lipinski definition) is 5. The van der Waals surface area contributed by atoms with Gasteiger partial charge in [0.2, 0.25) is 6.79 Å². The molecule has 3 aromatic carbocycles. The number of anilines is 1. The molecule has 1 aliphatic heterocycles. The Hall–Kier alpha value is -3.54. The Morgan fingerprint density at radius 3 is 2.74 bits per heavy atom. The minimum Gasteiger partial charge on any atom is -0.454 e. The predicted molar refractivity (Wildman–Crippen MR) is 105 cm³/mol. The van der Waals surface area contributed by atoms with E-state index in [9.17, 15) is 4.79 Å². The molecule has 4 rings (SSSR count). The zero-order chi connectivity index (χ0) is 18.6. The number of amides is 1. The number of nitrogens with one attached hydrogen (secondary N) is 2. The molecule has 0 bridgehead atoms. The lowest BCUT2D eigenvalue weighted by Gasteiger charge is -2.14. The molecule has 1 heterocycles. The van der Waals surface area contributed by atoms with Gasteiger partial charge in [-0.25, -0.2) is 5.43 Å². The van der Waals surface area contributed by atoms with Crippen molar-refractivity contribution in [1.29, 1.82) is 0 Å². The molecule has 6 nitrogen and oxygen atoms in total. The molecule has 0 fully saturated rings. The van der Waals surface area contributed by atoms with Gasteiger partial charge in [0.1, 0.15) is 6.04 Å². The fourth-order valence-corrected chi connectivity index (χ4v) is 2.86. The maximum atomic E-state index is 12.3. The Bertz CT molecular complexity index is 1020. The van der Waals surface area contributed by atoms with Gasteiger partial charge in [0.25, 0.3) is 5.91 Å². The summed E-state index contributed by atoms with van der Waals surface area (Å²) in [5, 5.41) is 9.49. The molecule has 1 atom stereocenters. The van der Waals surface area contributed by atoms with Crippen molar-refractivity contribution < 1.29 is 14.3 Å². The molecule has 27 heavy (non-hydrogen) atoms. The molecule has 0 radical (unpaired) electrons. The Kier molecular flexibility index (Phi) is 4.61. The molecule has 1 unspecified atom stereocenters. The summed E-state index contributed by atoms with van der Waals surface area (Å²) < 4.78 is 10.6. The van der Waals surface area contributed by atoms with E-state index in [1.54, 1.807) is 13.1 Å². The van der Waals surface area contributed by atoms with E-state index in [2.05, 4.69) is 21.9 Å². The van der Waals surface area contributed by atoms with Crippen LogP contribution in [0.1, 0.15) is 12.5 Å². The number of carbonyl (C=O) groups is 1. The fourth-order valence-electron chi connectivity index (χ4n) is 2.86. The molecule has 1 aliphatic rings. The van der Waals surface area contributed by atoms with Crippen molar-refractivity contribution in [3.63, 3.8) is 0 Å². The number of rotatable bonds is 5. The van der Waals surface area contributed by atoms with E-state index < -0.39 is 6.04 Å². The van der Waals surface area contributed by atoms with Crippen molar-refractivity contribution in [3.05, 3.63) is 66.2 Å². The molecule has 6 heteroatoms. The van der Waals surface area contributed by atoms with Crippen LogP contribution in [-0.2, 0) is 4.79 Å². The zero-order valence-electron chi connectivity index (χ0n) is 14.8. The van der Waals surface area contributed by atoms with E-state index in [1.165, 1.54) is 0 Å². The highest BCUT2D eigenvalue weighted by molar-refractivity contribution is 5.89. The largest absolute Gasteiger partial charge is 0.454 e. The first-order valence-electron chi connectivity index (χ1n) is 8.67. The van der Waals surface area contributed by atoms with Gasteiger partial charge in [-0.15, -0.1) is 0 Å². The highest BCUT2D eigenvalue weighted by Crippen LogP contribution is 2.31. The van der Waals surface area contributed by atoms with E-state index in [4.69, 9.17) is 9.47 Å². The minimum atomic E-state index is -0.430. The average Bonchev–Trinajstić information content (AvgIpc) is 3.15. The third kappa shape index (κ3) is 3.84. The van der Waals surface area contributed by atoms with Crippen LogP contribution in [0.4, 0.5) is 5.69 Å². The molecule has 0 spiro atoms. The molecule has 2 N–H and O–H groups in total. The summed E-state index contributed by atoms with van der Waals surface area (Å²) in [5.41, 5.74) is 4.25. The van der Waals surface area contributed by atoms with Crippen molar-refractivity contribution in [2.24, 2.45) is 5.10 Å². The fraction of sp³-hybridized carbons (Fsp3) is 0.143. The van der Waals surface area contributed by atoms with Gasteiger partial charge < -0.3 is 14.8 Å². The summed E-state index contributed by atoms with van der Waals surface area (Å²) in [6.45, 7) is 2.02. The number of fused-ring (bicyclic) bond motifs is 2. The number of carbonyl (C=O) groups excluding carboxylic acids is 1. The van der Waals surface area contributed by atoms with Crippen LogP contribution >= 0.6 is 0 Å². The van der Waals surface area contributed by atoms with Crippen LogP contribution < -0.4 is 20.2 Å². The first-order chi connectivity index (χ1) is 13.2. The second-order valence-corrected chi connectivity index (χ2v) is 6.27. The third-order valence-corrected chi connectivity index (χ3v) is 4.31. The summed E-state index contributed by atoms with van der Waals surface area (Å²) in [4.78, 5) is 12.3. The first kappa shape index (κ1) is 16.9. The number of benzene rings is 3. The molecular weight excluding hydrogens is 342 g/mol. The second kappa shape index (κ2) is 7.37. The molecule has 0 aromatic heterocycles. The van der Waals surface area contributed by atoms with Crippen LogP contribution in [0.5, 0.6) is 11.5 Å². The van der Waals surface area contributed by atoms with Gasteiger partial charge in [-0.1, -0.05) is 30.3 Å². The van der Waals surface area contributed by atoms with E-state index in [-0.39, 0.29) is 12.7 Å². The standard InChI is InChI=1S/C21H19N3O3/c1-14(23-18-8-7-16-4-2-3-5-17(16)11-18)21(25)24-22-12-15-6-9-19-20(10-15)27-13-26-19/h2-12,14,23H,13H2,1H3,(H,24,25). The van der Waals surface area contributed by atoms with Gasteiger partial charge >= 0.3 is 0 Å². The zero-order valence-corrected chi connectivity index (χ0v) is 14.8. The maximum absolute atomic E-state index is 12.3. The topological polar surface area (TPSA) is 72.0 Å². The predicted octanol–water partition coefficient (Wildman–Crippen LogP) is 3.52. The van der Waals surface area contributed by atoms with E-state index >= 15 is 0 Å². The monoisotopic (exact) mass is 361 g/mol. The smallest absolute Gasteiger partial charge is 0.262 e. The molecule has 3 aromatic rings. The van der Waals surface area contributed by atoms with Crippen molar-refractivity contribution in [2.75, 3.05) is 12.1 Å². The molecule has 1 amide bonds. The second-order valence-electron chi connectivity index (χ2n) is 6.27. The van der Waals surface area contributed by atoms with Crippen LogP contribution in [0.2, 0.25) is 0 Å². The SMILES string of the molecule is CC(Nc1ccc2ccccc2c1)C(=O)NN=Cc1ccc2c(c1)OCO2. The van der Waals surface area contributed by atoms with E-state index in [0.29, 0.717) is 11.5 Å². The molecular formula is C21H19N3O3. The Morgan fingerprint density at radius 1 is 1.04 bits per heavy atom. The summed E-state index contributed by atoms with van der Waals surface area (Å²) >= 11 is 0. The van der Waals surface area contributed by atoms with E-state index in [0.717, 1.165) is 22.0 Å². The average molecular weight is 361 g/mol. The van der Waals surface area contributed by atoms with Gasteiger partial charge in [0.15, 0.2) is 11.5 Å². The molecule has 136 valence electrons. The number of hydrogen-bond donors (Lipinski definition) is 2. The number of nitrogens with zero attached hydrogens (tertiary/aromatic N) is 1.